The maximum atomic E-state index is 6.40. The summed E-state index contributed by atoms with van der Waals surface area (Å²) in [6.45, 7) is 6.45. The third-order valence-electron chi connectivity index (χ3n) is 3.87. The molecule has 1 atom stereocenters. The molecule has 0 aliphatic rings. The van der Waals surface area contributed by atoms with Crippen LogP contribution in [-0.4, -0.2) is 7.11 Å². The van der Waals surface area contributed by atoms with Crippen molar-refractivity contribution in [1.82, 2.24) is 0 Å². The van der Waals surface area contributed by atoms with Crippen molar-refractivity contribution in [3.63, 3.8) is 0 Å². The van der Waals surface area contributed by atoms with Gasteiger partial charge in [0.05, 0.1) is 11.6 Å². The van der Waals surface area contributed by atoms with E-state index in [9.17, 15) is 0 Å². The Kier molecular flexibility index (Phi) is 5.07. The lowest BCUT2D eigenvalue weighted by Crippen LogP contribution is -2.15. The fourth-order valence-corrected chi connectivity index (χ4v) is 3.34. The molecule has 0 aromatic heterocycles. The second-order valence-electron chi connectivity index (χ2n) is 5.58. The molecular weight excluding hydrogens is 326 g/mol. The highest BCUT2D eigenvalue weighted by Gasteiger charge is 2.13. The number of rotatable bonds is 4. The van der Waals surface area contributed by atoms with Crippen LogP contribution in [0.1, 0.15) is 33.9 Å². The van der Waals surface area contributed by atoms with Crippen molar-refractivity contribution in [1.29, 1.82) is 0 Å². The van der Waals surface area contributed by atoms with Crippen LogP contribution in [0.4, 0.5) is 0 Å². The van der Waals surface area contributed by atoms with E-state index in [0.29, 0.717) is 0 Å². The summed E-state index contributed by atoms with van der Waals surface area (Å²) in [5, 5.41) is 0. The molecule has 2 aromatic carbocycles. The first kappa shape index (κ1) is 16.1. The Balaban J connectivity index is 2.26. The molecule has 0 saturated heterocycles. The number of hydrogen-bond donors (Lipinski definition) is 1. The number of methoxy groups -OCH3 is 1. The molecule has 0 bridgehead atoms. The summed E-state index contributed by atoms with van der Waals surface area (Å²) in [6, 6.07) is 10.5. The van der Waals surface area contributed by atoms with Gasteiger partial charge in [0.2, 0.25) is 0 Å². The summed E-state index contributed by atoms with van der Waals surface area (Å²) in [7, 11) is 1.67. The maximum Gasteiger partial charge on any atom is 0.133 e. The van der Waals surface area contributed by atoms with Crippen LogP contribution in [0.5, 0.6) is 5.75 Å². The van der Waals surface area contributed by atoms with Crippen LogP contribution >= 0.6 is 15.9 Å². The van der Waals surface area contributed by atoms with Gasteiger partial charge < -0.3 is 10.5 Å². The Hall–Kier alpha value is -1.32. The fourth-order valence-electron chi connectivity index (χ4n) is 2.78. The maximum absolute atomic E-state index is 6.40. The molecule has 0 aliphatic heterocycles. The summed E-state index contributed by atoms with van der Waals surface area (Å²) in [5.41, 5.74) is 12.8. The van der Waals surface area contributed by atoms with Crippen LogP contribution in [0.15, 0.2) is 34.8 Å². The van der Waals surface area contributed by atoms with Crippen LogP contribution < -0.4 is 10.5 Å². The molecule has 2 N–H and O–H groups in total. The number of aryl methyl sites for hydroxylation is 3. The highest BCUT2D eigenvalue weighted by atomic mass is 79.9. The number of benzene rings is 2. The zero-order chi connectivity index (χ0) is 15.6. The first-order chi connectivity index (χ1) is 9.92. The highest BCUT2D eigenvalue weighted by molar-refractivity contribution is 9.10. The molecule has 3 heteroatoms. The molecule has 0 amide bonds. The average Bonchev–Trinajstić information content (AvgIpc) is 2.42. The lowest BCUT2D eigenvalue weighted by molar-refractivity contribution is 0.412. The van der Waals surface area contributed by atoms with E-state index in [-0.39, 0.29) is 6.04 Å². The van der Waals surface area contributed by atoms with E-state index < -0.39 is 0 Å². The second-order valence-corrected chi connectivity index (χ2v) is 6.44. The van der Waals surface area contributed by atoms with E-state index >= 15 is 0 Å². The molecule has 21 heavy (non-hydrogen) atoms. The molecule has 2 rings (SSSR count). The van der Waals surface area contributed by atoms with Gasteiger partial charge in [0.1, 0.15) is 5.75 Å². The predicted octanol–water partition coefficient (Wildman–Crippen LogP) is 4.63. The van der Waals surface area contributed by atoms with Gasteiger partial charge in [-0.2, -0.15) is 0 Å². The van der Waals surface area contributed by atoms with Gasteiger partial charge >= 0.3 is 0 Å². The summed E-state index contributed by atoms with van der Waals surface area (Å²) in [4.78, 5) is 0. The third kappa shape index (κ3) is 3.66. The molecule has 0 radical (unpaired) electrons. The van der Waals surface area contributed by atoms with Crippen LogP contribution in [0.3, 0.4) is 0 Å². The summed E-state index contributed by atoms with van der Waals surface area (Å²) < 4.78 is 6.20. The van der Waals surface area contributed by atoms with Gasteiger partial charge in [0.15, 0.2) is 0 Å². The molecule has 0 saturated carbocycles. The Labute approximate surface area is 135 Å². The van der Waals surface area contributed by atoms with Gasteiger partial charge in [-0.05, 0) is 77.5 Å². The largest absolute Gasteiger partial charge is 0.496 e. The summed E-state index contributed by atoms with van der Waals surface area (Å²) >= 11 is 3.52. The smallest absolute Gasteiger partial charge is 0.133 e. The first-order valence-electron chi connectivity index (χ1n) is 7.08. The third-order valence-corrected chi connectivity index (χ3v) is 4.49. The monoisotopic (exact) mass is 347 g/mol. The molecule has 1 unspecified atom stereocenters. The van der Waals surface area contributed by atoms with Crippen LogP contribution in [-0.2, 0) is 6.42 Å². The normalized spacial score (nSPS) is 12.3. The van der Waals surface area contributed by atoms with Crippen LogP contribution in [0.2, 0.25) is 0 Å². The van der Waals surface area contributed by atoms with Gasteiger partial charge in [0.25, 0.3) is 0 Å². The molecule has 0 heterocycles. The van der Waals surface area contributed by atoms with Gasteiger partial charge in [-0.15, -0.1) is 0 Å². The molecule has 0 spiro atoms. The van der Waals surface area contributed by atoms with E-state index in [4.69, 9.17) is 10.5 Å². The van der Waals surface area contributed by atoms with Crippen molar-refractivity contribution in [2.24, 2.45) is 5.73 Å². The Bertz CT molecular complexity index is 629. The minimum atomic E-state index is -0.0210. The lowest BCUT2D eigenvalue weighted by atomic mass is 9.92. The predicted molar refractivity (Wildman–Crippen MR) is 92.0 cm³/mol. The first-order valence-corrected chi connectivity index (χ1v) is 7.87. The van der Waals surface area contributed by atoms with Gasteiger partial charge in [-0.25, -0.2) is 0 Å². The van der Waals surface area contributed by atoms with Crippen molar-refractivity contribution in [2.75, 3.05) is 7.11 Å². The van der Waals surface area contributed by atoms with Gasteiger partial charge in [-0.1, -0.05) is 23.8 Å². The SMILES string of the molecule is COc1ccc(C(N)Cc2c(C)cc(C)cc2C)cc1Br. The molecule has 0 aliphatic carbocycles. The number of hydrogen-bond acceptors (Lipinski definition) is 2. The fraction of sp³-hybridized carbons (Fsp3) is 0.333. The Morgan fingerprint density at radius 3 is 2.24 bits per heavy atom. The van der Waals surface area contributed by atoms with Crippen LogP contribution in [0, 0.1) is 20.8 Å². The summed E-state index contributed by atoms with van der Waals surface area (Å²) in [5.74, 6) is 0.827. The minimum Gasteiger partial charge on any atom is -0.496 e. The van der Waals surface area contributed by atoms with E-state index in [1.165, 1.54) is 22.3 Å². The van der Waals surface area contributed by atoms with E-state index in [1.807, 2.05) is 18.2 Å². The summed E-state index contributed by atoms with van der Waals surface area (Å²) in [6.07, 6.45) is 0.844. The zero-order valence-electron chi connectivity index (χ0n) is 13.0. The van der Waals surface area contributed by atoms with E-state index in [1.54, 1.807) is 7.11 Å². The van der Waals surface area contributed by atoms with Gasteiger partial charge in [-0.3, -0.25) is 0 Å². The van der Waals surface area contributed by atoms with Gasteiger partial charge in [0, 0.05) is 6.04 Å². The lowest BCUT2D eigenvalue weighted by Gasteiger charge is -2.17. The molecule has 2 aromatic rings. The standard InChI is InChI=1S/C18H22BrNO/c1-11-7-12(2)15(13(3)8-11)10-17(20)14-5-6-18(21-4)16(19)9-14/h5-9,17H,10,20H2,1-4H3. The minimum absolute atomic E-state index is 0.0210. The quantitative estimate of drug-likeness (QED) is 0.875. The van der Waals surface area contributed by atoms with E-state index in [0.717, 1.165) is 22.2 Å². The molecular formula is C18H22BrNO. The molecule has 2 nitrogen and oxygen atoms in total. The number of ether oxygens (including phenoxy) is 1. The van der Waals surface area contributed by atoms with Crippen molar-refractivity contribution in [3.8, 4) is 5.75 Å². The number of nitrogens with two attached hydrogens (primary N) is 1. The number of halogens is 1. The van der Waals surface area contributed by atoms with Crippen molar-refractivity contribution in [2.45, 2.75) is 33.2 Å². The van der Waals surface area contributed by atoms with Crippen molar-refractivity contribution < 1.29 is 4.74 Å². The molecule has 112 valence electrons. The Morgan fingerprint density at radius 2 is 1.71 bits per heavy atom. The molecule has 0 fully saturated rings. The van der Waals surface area contributed by atoms with Crippen molar-refractivity contribution >= 4 is 15.9 Å². The average molecular weight is 348 g/mol. The van der Waals surface area contributed by atoms with E-state index in [2.05, 4.69) is 48.8 Å². The highest BCUT2D eigenvalue weighted by Crippen LogP contribution is 2.29. The Morgan fingerprint density at radius 1 is 1.10 bits per heavy atom. The second kappa shape index (κ2) is 6.63. The topological polar surface area (TPSA) is 35.2 Å². The zero-order valence-corrected chi connectivity index (χ0v) is 14.6. The van der Waals surface area contributed by atoms with Crippen LogP contribution in [0.25, 0.3) is 0 Å². The van der Waals surface area contributed by atoms with Crippen molar-refractivity contribution in [3.05, 3.63) is 62.6 Å².